The number of aromatic nitrogens is 1. The van der Waals surface area contributed by atoms with Crippen molar-refractivity contribution < 1.29 is 4.79 Å². The number of thiazole rings is 1. The van der Waals surface area contributed by atoms with Crippen molar-refractivity contribution in [2.75, 3.05) is 11.9 Å². The zero-order chi connectivity index (χ0) is 18.8. The highest BCUT2D eigenvalue weighted by atomic mass is 32.1. The van der Waals surface area contributed by atoms with Gasteiger partial charge in [0.05, 0.1) is 17.3 Å². The molecule has 0 spiro atoms. The number of anilines is 1. The molecule has 4 rings (SSSR count). The summed E-state index contributed by atoms with van der Waals surface area (Å²) in [7, 11) is 0. The number of fused-ring (bicyclic) bond motifs is 1. The Bertz CT molecular complexity index is 1040. The molecule has 0 aliphatic carbocycles. The van der Waals surface area contributed by atoms with Crippen LogP contribution in [0.5, 0.6) is 0 Å². The first-order chi connectivity index (χ1) is 13.2. The number of carbonyl (C=O) groups is 1. The SMILES string of the molecule is Cc1c(NC(=O)c2nc3c(s2)CNCC3)cccc1-c1ccccc1C#N. The minimum atomic E-state index is -0.191. The van der Waals surface area contributed by atoms with Gasteiger partial charge in [-0.15, -0.1) is 11.3 Å². The second-order valence-corrected chi connectivity index (χ2v) is 7.49. The molecular formula is C21H18N4OS. The largest absolute Gasteiger partial charge is 0.320 e. The Hall–Kier alpha value is -3.01. The third-order valence-electron chi connectivity index (χ3n) is 4.72. The summed E-state index contributed by atoms with van der Waals surface area (Å²) in [6.45, 7) is 3.63. The quantitative estimate of drug-likeness (QED) is 0.729. The van der Waals surface area contributed by atoms with Crippen LogP contribution in [0.15, 0.2) is 42.5 Å². The van der Waals surface area contributed by atoms with Crippen LogP contribution in [0.25, 0.3) is 11.1 Å². The van der Waals surface area contributed by atoms with Crippen molar-refractivity contribution in [2.24, 2.45) is 0 Å². The van der Waals surface area contributed by atoms with Gasteiger partial charge in [0, 0.05) is 30.1 Å². The van der Waals surface area contributed by atoms with E-state index in [0.717, 1.165) is 52.5 Å². The highest BCUT2D eigenvalue weighted by molar-refractivity contribution is 7.13. The predicted octanol–water partition coefficient (Wildman–Crippen LogP) is 3.89. The number of amides is 1. The number of nitrogens with zero attached hydrogens (tertiary/aromatic N) is 2. The standard InChI is InChI=1S/C21H18N4OS/c1-13-15(16-6-3-2-5-14(16)11-22)7-4-8-17(13)24-20(26)21-25-18-9-10-23-12-19(18)27-21/h2-8,23H,9-10,12H2,1H3,(H,24,26). The molecule has 2 heterocycles. The van der Waals surface area contributed by atoms with Gasteiger partial charge in [0.15, 0.2) is 5.01 Å². The van der Waals surface area contributed by atoms with Crippen LogP contribution in [0, 0.1) is 18.3 Å². The van der Waals surface area contributed by atoms with E-state index >= 15 is 0 Å². The van der Waals surface area contributed by atoms with Crippen molar-refractivity contribution >= 4 is 22.9 Å². The Morgan fingerprint density at radius 2 is 2.04 bits per heavy atom. The van der Waals surface area contributed by atoms with Crippen LogP contribution in [-0.4, -0.2) is 17.4 Å². The van der Waals surface area contributed by atoms with Gasteiger partial charge in [-0.05, 0) is 35.7 Å². The van der Waals surface area contributed by atoms with E-state index in [0.29, 0.717) is 10.6 Å². The van der Waals surface area contributed by atoms with Gasteiger partial charge in [-0.25, -0.2) is 4.98 Å². The Kier molecular flexibility index (Phi) is 4.71. The number of hydrogen-bond acceptors (Lipinski definition) is 5. The molecule has 2 aromatic carbocycles. The molecule has 3 aromatic rings. The normalized spacial score (nSPS) is 12.9. The van der Waals surface area contributed by atoms with Crippen LogP contribution < -0.4 is 10.6 Å². The Morgan fingerprint density at radius 1 is 1.22 bits per heavy atom. The molecule has 2 N–H and O–H groups in total. The van der Waals surface area contributed by atoms with Crippen LogP contribution in [0.4, 0.5) is 5.69 Å². The first-order valence-electron chi connectivity index (χ1n) is 8.77. The van der Waals surface area contributed by atoms with Crippen molar-refractivity contribution in [3.63, 3.8) is 0 Å². The minimum absolute atomic E-state index is 0.191. The Balaban J connectivity index is 1.64. The van der Waals surface area contributed by atoms with Crippen LogP contribution >= 0.6 is 11.3 Å². The third kappa shape index (κ3) is 3.35. The third-order valence-corrected chi connectivity index (χ3v) is 5.81. The highest BCUT2D eigenvalue weighted by Crippen LogP contribution is 2.31. The number of carbonyl (C=O) groups excluding carboxylic acids is 1. The smallest absolute Gasteiger partial charge is 0.284 e. The summed E-state index contributed by atoms with van der Waals surface area (Å²) in [4.78, 5) is 18.4. The topological polar surface area (TPSA) is 77.8 Å². The second-order valence-electron chi connectivity index (χ2n) is 6.41. The van der Waals surface area contributed by atoms with E-state index in [4.69, 9.17) is 0 Å². The van der Waals surface area contributed by atoms with E-state index in [1.54, 1.807) is 6.07 Å². The monoisotopic (exact) mass is 374 g/mol. The first-order valence-corrected chi connectivity index (χ1v) is 9.59. The summed E-state index contributed by atoms with van der Waals surface area (Å²) in [5.41, 5.74) is 5.10. The van der Waals surface area contributed by atoms with Gasteiger partial charge in [-0.1, -0.05) is 30.3 Å². The van der Waals surface area contributed by atoms with Crippen LogP contribution in [0.2, 0.25) is 0 Å². The molecule has 0 fully saturated rings. The number of rotatable bonds is 3. The van der Waals surface area contributed by atoms with Gasteiger partial charge in [-0.2, -0.15) is 5.26 Å². The van der Waals surface area contributed by atoms with E-state index in [1.165, 1.54) is 11.3 Å². The van der Waals surface area contributed by atoms with E-state index in [9.17, 15) is 10.1 Å². The molecule has 134 valence electrons. The van der Waals surface area contributed by atoms with Gasteiger partial charge < -0.3 is 10.6 Å². The van der Waals surface area contributed by atoms with Crippen LogP contribution in [-0.2, 0) is 13.0 Å². The maximum atomic E-state index is 12.7. The van der Waals surface area contributed by atoms with E-state index in [1.807, 2.05) is 43.3 Å². The maximum Gasteiger partial charge on any atom is 0.284 e. The van der Waals surface area contributed by atoms with Crippen molar-refractivity contribution in [3.8, 4) is 17.2 Å². The summed E-state index contributed by atoms with van der Waals surface area (Å²) in [6, 6.07) is 15.5. The van der Waals surface area contributed by atoms with Gasteiger partial charge in [0.25, 0.3) is 5.91 Å². The molecular weight excluding hydrogens is 356 g/mol. The van der Waals surface area contributed by atoms with Crippen LogP contribution in [0.1, 0.15) is 31.5 Å². The molecule has 1 aromatic heterocycles. The average molecular weight is 374 g/mol. The molecule has 0 saturated carbocycles. The Labute approximate surface area is 161 Å². The zero-order valence-electron chi connectivity index (χ0n) is 14.9. The lowest BCUT2D eigenvalue weighted by atomic mass is 9.95. The zero-order valence-corrected chi connectivity index (χ0v) is 15.7. The minimum Gasteiger partial charge on any atom is -0.320 e. The summed E-state index contributed by atoms with van der Waals surface area (Å²) in [5, 5.41) is 16.2. The van der Waals surface area contributed by atoms with Crippen molar-refractivity contribution in [1.29, 1.82) is 5.26 Å². The molecule has 0 bridgehead atoms. The lowest BCUT2D eigenvalue weighted by molar-refractivity contribution is 0.102. The summed E-state index contributed by atoms with van der Waals surface area (Å²) in [5.74, 6) is -0.191. The number of nitriles is 1. The fourth-order valence-electron chi connectivity index (χ4n) is 3.28. The van der Waals surface area contributed by atoms with Gasteiger partial charge >= 0.3 is 0 Å². The Morgan fingerprint density at radius 3 is 2.85 bits per heavy atom. The lowest BCUT2D eigenvalue weighted by Gasteiger charge is -2.13. The average Bonchev–Trinajstić information content (AvgIpc) is 3.14. The maximum absolute atomic E-state index is 12.7. The first kappa shape index (κ1) is 17.4. The van der Waals surface area contributed by atoms with Gasteiger partial charge in [0.2, 0.25) is 0 Å². The number of hydrogen-bond donors (Lipinski definition) is 2. The fourth-order valence-corrected chi connectivity index (χ4v) is 4.25. The lowest BCUT2D eigenvalue weighted by Crippen LogP contribution is -2.22. The summed E-state index contributed by atoms with van der Waals surface area (Å²) < 4.78 is 0. The second kappa shape index (κ2) is 7.31. The van der Waals surface area contributed by atoms with Crippen molar-refractivity contribution in [3.05, 3.63) is 69.2 Å². The van der Waals surface area contributed by atoms with E-state index in [-0.39, 0.29) is 5.91 Å². The fraction of sp³-hybridized carbons (Fsp3) is 0.190. The molecule has 27 heavy (non-hydrogen) atoms. The van der Waals surface area contributed by atoms with Gasteiger partial charge in [0.1, 0.15) is 0 Å². The molecule has 0 unspecified atom stereocenters. The molecule has 0 saturated heterocycles. The summed E-state index contributed by atoms with van der Waals surface area (Å²) in [6.07, 6.45) is 0.860. The highest BCUT2D eigenvalue weighted by Gasteiger charge is 2.20. The molecule has 0 atom stereocenters. The molecule has 1 aliphatic rings. The number of nitrogens with one attached hydrogen (secondary N) is 2. The molecule has 1 aliphatic heterocycles. The number of benzene rings is 2. The van der Waals surface area contributed by atoms with Crippen molar-refractivity contribution in [1.82, 2.24) is 10.3 Å². The molecule has 0 radical (unpaired) electrons. The molecule has 1 amide bonds. The predicted molar refractivity (Wildman–Crippen MR) is 107 cm³/mol. The van der Waals surface area contributed by atoms with E-state index < -0.39 is 0 Å². The van der Waals surface area contributed by atoms with E-state index in [2.05, 4.69) is 21.7 Å². The van der Waals surface area contributed by atoms with Crippen molar-refractivity contribution in [2.45, 2.75) is 19.9 Å². The van der Waals surface area contributed by atoms with Crippen LogP contribution in [0.3, 0.4) is 0 Å². The summed E-state index contributed by atoms with van der Waals surface area (Å²) >= 11 is 1.45. The van der Waals surface area contributed by atoms with Gasteiger partial charge in [-0.3, -0.25) is 4.79 Å². The molecule has 5 nitrogen and oxygen atoms in total. The molecule has 6 heteroatoms.